The lowest BCUT2D eigenvalue weighted by molar-refractivity contribution is -0.119. The molecule has 126 valence electrons. The van der Waals surface area contributed by atoms with Crippen molar-refractivity contribution in [2.75, 3.05) is 17.7 Å². The summed E-state index contributed by atoms with van der Waals surface area (Å²) in [6.45, 7) is 1.21. The highest BCUT2D eigenvalue weighted by atomic mass is 32.2. The van der Waals surface area contributed by atoms with Gasteiger partial charge in [0.2, 0.25) is 5.91 Å². The number of carbonyl (C=O) groups excluding carboxylic acids is 3. The molecule has 0 radical (unpaired) electrons. The minimum Gasteiger partial charge on any atom is -0.452 e. The van der Waals surface area contributed by atoms with Crippen molar-refractivity contribution in [3.05, 3.63) is 41.7 Å². The van der Waals surface area contributed by atoms with Crippen LogP contribution in [0.2, 0.25) is 0 Å². The number of rotatable bonds is 7. The number of thioether (sulfide) groups is 1. The number of carbonyl (C=O) groups is 3. The van der Waals surface area contributed by atoms with Crippen LogP contribution >= 0.6 is 11.8 Å². The number of nitrogens with one attached hydrogen (secondary N) is 1. The van der Waals surface area contributed by atoms with Crippen molar-refractivity contribution in [1.82, 2.24) is 5.16 Å². The Labute approximate surface area is 141 Å². The summed E-state index contributed by atoms with van der Waals surface area (Å²) in [5.74, 6) is -0.886. The zero-order valence-electron chi connectivity index (χ0n) is 12.8. The Morgan fingerprint density at radius 2 is 2.08 bits per heavy atom. The molecule has 24 heavy (non-hydrogen) atoms. The maximum atomic E-state index is 12.1. The molecule has 0 saturated carbocycles. The molecule has 0 aliphatic rings. The standard InChI is InChI=1S/C15H15N3O5S/c1-9-6-13(18-23-9)17-14(20)7-22-15(21)10-4-2-3-5-11(10)24-8-12(16)19/h2-6H,7-8H2,1H3,(H2,16,19)(H,17,18,20). The van der Waals surface area contributed by atoms with Crippen LogP contribution in [0.3, 0.4) is 0 Å². The number of amides is 2. The molecule has 0 bridgehead atoms. The highest BCUT2D eigenvalue weighted by molar-refractivity contribution is 8.00. The predicted octanol–water partition coefficient (Wildman–Crippen LogP) is 1.36. The molecule has 0 spiro atoms. The normalized spacial score (nSPS) is 10.2. The van der Waals surface area contributed by atoms with Crippen LogP contribution in [0.15, 0.2) is 39.8 Å². The Hall–Kier alpha value is -2.81. The fraction of sp³-hybridized carbons (Fsp3) is 0.200. The van der Waals surface area contributed by atoms with Crippen LogP contribution in [0.4, 0.5) is 5.82 Å². The fourth-order valence-electron chi connectivity index (χ4n) is 1.72. The largest absolute Gasteiger partial charge is 0.452 e. The first-order valence-corrected chi connectivity index (χ1v) is 7.84. The predicted molar refractivity (Wildman–Crippen MR) is 86.5 cm³/mol. The van der Waals surface area contributed by atoms with E-state index in [0.717, 1.165) is 11.8 Å². The smallest absolute Gasteiger partial charge is 0.339 e. The number of ether oxygens (including phenoxy) is 1. The van der Waals surface area contributed by atoms with Gasteiger partial charge in [-0.05, 0) is 19.1 Å². The lowest BCUT2D eigenvalue weighted by Gasteiger charge is -2.08. The van der Waals surface area contributed by atoms with Gasteiger partial charge in [-0.15, -0.1) is 11.8 Å². The van der Waals surface area contributed by atoms with Crippen LogP contribution in [-0.4, -0.2) is 35.3 Å². The highest BCUT2D eigenvalue weighted by Crippen LogP contribution is 2.23. The van der Waals surface area contributed by atoms with Gasteiger partial charge in [-0.25, -0.2) is 4.79 Å². The average Bonchev–Trinajstić information content (AvgIpc) is 2.95. The molecule has 1 aromatic carbocycles. The number of anilines is 1. The van der Waals surface area contributed by atoms with Gasteiger partial charge >= 0.3 is 5.97 Å². The average molecular weight is 349 g/mol. The third-order valence-electron chi connectivity index (χ3n) is 2.71. The van der Waals surface area contributed by atoms with Crippen LogP contribution in [0.5, 0.6) is 0 Å². The Balaban J connectivity index is 1.92. The Morgan fingerprint density at radius 3 is 2.75 bits per heavy atom. The Morgan fingerprint density at radius 1 is 1.33 bits per heavy atom. The van der Waals surface area contributed by atoms with Gasteiger partial charge in [-0.2, -0.15) is 0 Å². The molecule has 0 aliphatic carbocycles. The van der Waals surface area contributed by atoms with Crippen molar-refractivity contribution in [2.45, 2.75) is 11.8 Å². The van der Waals surface area contributed by atoms with E-state index in [4.69, 9.17) is 15.0 Å². The summed E-state index contributed by atoms with van der Waals surface area (Å²) in [6, 6.07) is 8.13. The summed E-state index contributed by atoms with van der Waals surface area (Å²) < 4.78 is 9.79. The van der Waals surface area contributed by atoms with Crippen molar-refractivity contribution >= 4 is 35.4 Å². The van der Waals surface area contributed by atoms with Gasteiger partial charge < -0.3 is 20.3 Å². The van der Waals surface area contributed by atoms with E-state index in [-0.39, 0.29) is 17.1 Å². The van der Waals surface area contributed by atoms with Crippen molar-refractivity contribution in [1.29, 1.82) is 0 Å². The molecule has 0 saturated heterocycles. The summed E-state index contributed by atoms with van der Waals surface area (Å²) in [7, 11) is 0. The molecule has 0 atom stereocenters. The molecule has 0 aliphatic heterocycles. The number of nitrogens with zero attached hydrogens (tertiary/aromatic N) is 1. The number of primary amides is 1. The summed E-state index contributed by atoms with van der Waals surface area (Å²) in [6.07, 6.45) is 0. The van der Waals surface area contributed by atoms with E-state index in [1.54, 1.807) is 31.2 Å². The lowest BCUT2D eigenvalue weighted by atomic mass is 10.2. The maximum Gasteiger partial charge on any atom is 0.339 e. The molecule has 9 heteroatoms. The number of nitrogens with two attached hydrogens (primary N) is 1. The molecule has 0 unspecified atom stereocenters. The maximum absolute atomic E-state index is 12.1. The van der Waals surface area contributed by atoms with Crippen LogP contribution < -0.4 is 11.1 Å². The molecule has 0 fully saturated rings. The topological polar surface area (TPSA) is 125 Å². The summed E-state index contributed by atoms with van der Waals surface area (Å²) in [5.41, 5.74) is 5.36. The first-order chi connectivity index (χ1) is 11.5. The van der Waals surface area contributed by atoms with E-state index in [2.05, 4.69) is 10.5 Å². The molecule has 1 aromatic heterocycles. The SMILES string of the molecule is Cc1cc(NC(=O)COC(=O)c2ccccc2SCC(N)=O)no1. The quantitative estimate of drug-likeness (QED) is 0.571. The summed E-state index contributed by atoms with van der Waals surface area (Å²) in [4.78, 5) is 35.2. The van der Waals surface area contributed by atoms with Crippen molar-refractivity contribution in [3.8, 4) is 0 Å². The zero-order valence-corrected chi connectivity index (χ0v) is 13.6. The van der Waals surface area contributed by atoms with E-state index in [1.165, 1.54) is 6.07 Å². The molecule has 2 amide bonds. The van der Waals surface area contributed by atoms with Gasteiger partial charge in [0.05, 0.1) is 11.3 Å². The van der Waals surface area contributed by atoms with E-state index in [0.29, 0.717) is 10.7 Å². The first kappa shape index (κ1) is 17.5. The molecule has 2 aromatic rings. The third-order valence-corrected chi connectivity index (χ3v) is 3.80. The number of benzene rings is 1. The van der Waals surface area contributed by atoms with Crippen molar-refractivity contribution < 1.29 is 23.6 Å². The van der Waals surface area contributed by atoms with Crippen LogP contribution in [0, 0.1) is 6.92 Å². The zero-order chi connectivity index (χ0) is 17.5. The number of hydrogen-bond acceptors (Lipinski definition) is 7. The van der Waals surface area contributed by atoms with Crippen LogP contribution in [0.25, 0.3) is 0 Å². The van der Waals surface area contributed by atoms with E-state index >= 15 is 0 Å². The number of aryl methyl sites for hydroxylation is 1. The third kappa shape index (κ3) is 5.13. The van der Waals surface area contributed by atoms with Gasteiger partial charge in [0.25, 0.3) is 5.91 Å². The minimum atomic E-state index is -0.672. The summed E-state index contributed by atoms with van der Waals surface area (Å²) in [5, 5.41) is 6.04. The fourth-order valence-corrected chi connectivity index (χ4v) is 2.50. The number of esters is 1. The second-order valence-electron chi connectivity index (χ2n) is 4.70. The van der Waals surface area contributed by atoms with Gasteiger partial charge in [0.15, 0.2) is 12.4 Å². The monoisotopic (exact) mass is 349 g/mol. The second-order valence-corrected chi connectivity index (χ2v) is 5.72. The van der Waals surface area contributed by atoms with Crippen LogP contribution in [0.1, 0.15) is 16.1 Å². The van der Waals surface area contributed by atoms with Gasteiger partial charge in [-0.1, -0.05) is 17.3 Å². The van der Waals surface area contributed by atoms with Crippen LogP contribution in [-0.2, 0) is 14.3 Å². The van der Waals surface area contributed by atoms with E-state index < -0.39 is 24.4 Å². The number of aromatic nitrogens is 1. The van der Waals surface area contributed by atoms with Gasteiger partial charge in [0, 0.05) is 11.0 Å². The molecule has 1 heterocycles. The Kier molecular flexibility index (Phi) is 5.96. The van der Waals surface area contributed by atoms with Gasteiger partial charge in [0.1, 0.15) is 5.76 Å². The molecule has 2 rings (SSSR count). The van der Waals surface area contributed by atoms with Crippen molar-refractivity contribution in [3.63, 3.8) is 0 Å². The van der Waals surface area contributed by atoms with Gasteiger partial charge in [-0.3, -0.25) is 9.59 Å². The number of hydrogen-bond donors (Lipinski definition) is 2. The first-order valence-electron chi connectivity index (χ1n) is 6.86. The molecule has 8 nitrogen and oxygen atoms in total. The highest BCUT2D eigenvalue weighted by Gasteiger charge is 2.15. The van der Waals surface area contributed by atoms with Crippen molar-refractivity contribution in [2.24, 2.45) is 5.73 Å². The molecular formula is C15H15N3O5S. The Bertz CT molecular complexity index is 759. The minimum absolute atomic E-state index is 0.0380. The van der Waals surface area contributed by atoms with E-state index in [9.17, 15) is 14.4 Å². The lowest BCUT2D eigenvalue weighted by Crippen LogP contribution is -2.21. The van der Waals surface area contributed by atoms with E-state index in [1.807, 2.05) is 0 Å². The second kappa shape index (κ2) is 8.16. The molecular weight excluding hydrogens is 334 g/mol. The summed E-state index contributed by atoms with van der Waals surface area (Å²) >= 11 is 1.12. The molecule has 3 N–H and O–H groups in total.